The number of ether oxygens (including phenoxy) is 1. The molecule has 0 fully saturated rings. The summed E-state index contributed by atoms with van der Waals surface area (Å²) in [5.41, 5.74) is 0.668. The van der Waals surface area contributed by atoms with Gasteiger partial charge in [0.2, 0.25) is 0 Å². The minimum absolute atomic E-state index is 0.0650. The van der Waals surface area contributed by atoms with E-state index >= 15 is 0 Å². The average Bonchev–Trinajstić information content (AvgIpc) is 2.60. The van der Waals surface area contributed by atoms with Gasteiger partial charge in [-0.1, -0.05) is 12.1 Å². The van der Waals surface area contributed by atoms with Gasteiger partial charge in [-0.05, 0) is 31.2 Å². The second-order valence-electron chi connectivity index (χ2n) is 5.32. The summed E-state index contributed by atoms with van der Waals surface area (Å²) in [6.45, 7) is 1.55. The van der Waals surface area contributed by atoms with Crippen molar-refractivity contribution in [1.82, 2.24) is 10.6 Å². The highest BCUT2D eigenvalue weighted by Crippen LogP contribution is 2.27. The normalized spacial score (nSPS) is 11.3. The Morgan fingerprint density at radius 1 is 1.28 bits per heavy atom. The van der Waals surface area contributed by atoms with Crippen LogP contribution in [0.3, 0.4) is 0 Å². The third kappa shape index (κ3) is 4.44. The quantitative estimate of drug-likeness (QED) is 0.872. The molecule has 2 aromatic rings. The van der Waals surface area contributed by atoms with Gasteiger partial charge in [0, 0.05) is 12.1 Å². The second-order valence-corrected chi connectivity index (χ2v) is 5.32. The minimum atomic E-state index is -0.651. The highest BCUT2D eigenvalue weighted by molar-refractivity contribution is 5.74. The van der Waals surface area contributed by atoms with Crippen LogP contribution in [0.1, 0.15) is 29.7 Å². The van der Waals surface area contributed by atoms with Gasteiger partial charge in [-0.3, -0.25) is 0 Å². The first-order chi connectivity index (χ1) is 12.0. The Bertz CT molecular complexity index is 818. The highest BCUT2D eigenvalue weighted by atomic mass is 19.1. The van der Waals surface area contributed by atoms with Gasteiger partial charge in [0.25, 0.3) is 0 Å². The second kappa shape index (κ2) is 8.11. The molecule has 0 saturated carbocycles. The van der Waals surface area contributed by atoms with E-state index in [-0.39, 0.29) is 23.2 Å². The molecule has 0 aromatic heterocycles. The molecule has 0 bridgehead atoms. The molecule has 0 radical (unpaired) electrons. The maximum Gasteiger partial charge on any atom is 0.315 e. The van der Waals surface area contributed by atoms with Crippen LogP contribution >= 0.6 is 0 Å². The van der Waals surface area contributed by atoms with E-state index in [1.807, 2.05) is 6.07 Å². The van der Waals surface area contributed by atoms with Crippen molar-refractivity contribution < 1.29 is 18.3 Å². The number of rotatable bonds is 5. The number of carbonyl (C=O) groups excluding carboxylic acids is 1. The summed E-state index contributed by atoms with van der Waals surface area (Å²) in [5.74, 6) is -0.751. The van der Waals surface area contributed by atoms with E-state index in [2.05, 4.69) is 10.6 Å². The number of urea groups is 1. The molecule has 0 aliphatic carbocycles. The zero-order valence-electron chi connectivity index (χ0n) is 13.8. The standard InChI is InChI=1S/C18H17F2N3O2/c1-11(17-14(19)4-3-5-16(17)25-2)23-18(24)22-10-13-7-6-12(9-21)8-15(13)20/h3-8,11H,10H2,1-2H3,(H2,22,23,24)/t11-/m1/s1. The predicted octanol–water partition coefficient (Wildman–Crippen LogP) is 3.41. The topological polar surface area (TPSA) is 74.2 Å². The number of methoxy groups -OCH3 is 1. The van der Waals surface area contributed by atoms with Crippen molar-refractivity contribution >= 4 is 6.03 Å². The Labute approximate surface area is 144 Å². The van der Waals surface area contributed by atoms with Crippen LogP contribution in [0.2, 0.25) is 0 Å². The van der Waals surface area contributed by atoms with Gasteiger partial charge in [0.05, 0.1) is 30.3 Å². The molecule has 2 N–H and O–H groups in total. The van der Waals surface area contributed by atoms with Crippen molar-refractivity contribution in [3.8, 4) is 11.8 Å². The Balaban J connectivity index is 2.00. The smallest absolute Gasteiger partial charge is 0.315 e. The van der Waals surface area contributed by atoms with E-state index in [0.29, 0.717) is 5.75 Å². The van der Waals surface area contributed by atoms with E-state index in [1.165, 1.54) is 31.4 Å². The number of nitriles is 1. The van der Waals surface area contributed by atoms with E-state index < -0.39 is 23.7 Å². The van der Waals surface area contributed by atoms with Crippen molar-refractivity contribution in [1.29, 1.82) is 5.26 Å². The van der Waals surface area contributed by atoms with Crippen molar-refractivity contribution in [3.63, 3.8) is 0 Å². The van der Waals surface area contributed by atoms with Crippen molar-refractivity contribution in [2.24, 2.45) is 0 Å². The van der Waals surface area contributed by atoms with Gasteiger partial charge in [0.1, 0.15) is 17.4 Å². The van der Waals surface area contributed by atoms with Crippen molar-refractivity contribution in [2.45, 2.75) is 19.5 Å². The number of nitrogens with one attached hydrogen (secondary N) is 2. The van der Waals surface area contributed by atoms with Crippen LogP contribution in [0.5, 0.6) is 5.75 Å². The van der Waals surface area contributed by atoms with Gasteiger partial charge < -0.3 is 15.4 Å². The summed E-state index contributed by atoms with van der Waals surface area (Å²) in [6.07, 6.45) is 0. The lowest BCUT2D eigenvalue weighted by Crippen LogP contribution is -2.37. The van der Waals surface area contributed by atoms with Crippen LogP contribution < -0.4 is 15.4 Å². The van der Waals surface area contributed by atoms with E-state index in [1.54, 1.807) is 13.0 Å². The van der Waals surface area contributed by atoms with Crippen LogP contribution in [-0.2, 0) is 6.54 Å². The first-order valence-corrected chi connectivity index (χ1v) is 7.51. The molecule has 5 nitrogen and oxygen atoms in total. The molecule has 1 atom stereocenters. The van der Waals surface area contributed by atoms with Gasteiger partial charge >= 0.3 is 6.03 Å². The molecule has 25 heavy (non-hydrogen) atoms. The summed E-state index contributed by atoms with van der Waals surface area (Å²) in [7, 11) is 1.42. The number of hydrogen-bond acceptors (Lipinski definition) is 3. The van der Waals surface area contributed by atoms with Crippen LogP contribution in [0.4, 0.5) is 13.6 Å². The SMILES string of the molecule is COc1cccc(F)c1[C@@H](C)NC(=O)NCc1ccc(C#N)cc1F. The minimum Gasteiger partial charge on any atom is -0.496 e. The van der Waals surface area contributed by atoms with Crippen LogP contribution in [0, 0.1) is 23.0 Å². The number of amides is 2. The number of halogens is 2. The molecule has 0 heterocycles. The first kappa shape index (κ1) is 18.2. The van der Waals surface area contributed by atoms with Crippen molar-refractivity contribution in [3.05, 3.63) is 64.7 Å². The number of benzene rings is 2. The maximum atomic E-state index is 14.0. The fourth-order valence-electron chi connectivity index (χ4n) is 2.37. The number of carbonyl (C=O) groups is 1. The molecule has 0 aliphatic heterocycles. The Kier molecular flexibility index (Phi) is 5.90. The zero-order chi connectivity index (χ0) is 18.4. The van der Waals surface area contributed by atoms with E-state index in [9.17, 15) is 13.6 Å². The van der Waals surface area contributed by atoms with E-state index in [0.717, 1.165) is 6.07 Å². The maximum absolute atomic E-state index is 14.0. The largest absolute Gasteiger partial charge is 0.496 e. The molecule has 0 spiro atoms. The van der Waals surface area contributed by atoms with Gasteiger partial charge in [0.15, 0.2) is 0 Å². The lowest BCUT2D eigenvalue weighted by atomic mass is 10.1. The summed E-state index contributed by atoms with van der Waals surface area (Å²) < 4.78 is 32.9. The lowest BCUT2D eigenvalue weighted by molar-refractivity contribution is 0.237. The Hall–Kier alpha value is -3.14. The molecule has 2 amide bonds. The highest BCUT2D eigenvalue weighted by Gasteiger charge is 2.18. The summed E-state index contributed by atoms with van der Waals surface area (Å²) >= 11 is 0. The van der Waals surface area contributed by atoms with Crippen molar-refractivity contribution in [2.75, 3.05) is 7.11 Å². The predicted molar refractivity (Wildman–Crippen MR) is 87.9 cm³/mol. The number of hydrogen-bond donors (Lipinski definition) is 2. The Morgan fingerprint density at radius 2 is 2.04 bits per heavy atom. The molecule has 0 unspecified atom stereocenters. The van der Waals surface area contributed by atoms with Crippen LogP contribution in [0.25, 0.3) is 0 Å². The fourth-order valence-corrected chi connectivity index (χ4v) is 2.37. The third-order valence-corrected chi connectivity index (χ3v) is 3.64. The summed E-state index contributed by atoms with van der Waals surface area (Å²) in [4.78, 5) is 12.0. The summed E-state index contributed by atoms with van der Waals surface area (Å²) in [6, 6.07) is 8.98. The average molecular weight is 345 g/mol. The molecule has 0 aliphatic rings. The first-order valence-electron chi connectivity index (χ1n) is 7.51. The lowest BCUT2D eigenvalue weighted by Gasteiger charge is -2.18. The van der Waals surface area contributed by atoms with Gasteiger partial charge in [-0.15, -0.1) is 0 Å². The van der Waals surface area contributed by atoms with Crippen LogP contribution in [-0.4, -0.2) is 13.1 Å². The molecule has 2 aromatic carbocycles. The molecular formula is C18H17F2N3O2. The molecule has 0 saturated heterocycles. The summed E-state index contributed by atoms with van der Waals surface area (Å²) in [5, 5.41) is 13.8. The molecule has 7 heteroatoms. The number of nitrogens with zero attached hydrogens (tertiary/aromatic N) is 1. The van der Waals surface area contributed by atoms with Gasteiger partial charge in [-0.2, -0.15) is 5.26 Å². The molecule has 2 rings (SSSR count). The molecule has 130 valence electrons. The van der Waals surface area contributed by atoms with Crippen LogP contribution in [0.15, 0.2) is 36.4 Å². The fraction of sp³-hybridized carbons (Fsp3) is 0.222. The monoisotopic (exact) mass is 345 g/mol. The third-order valence-electron chi connectivity index (χ3n) is 3.64. The Morgan fingerprint density at radius 3 is 2.68 bits per heavy atom. The molecular weight excluding hydrogens is 328 g/mol. The van der Waals surface area contributed by atoms with Gasteiger partial charge in [-0.25, -0.2) is 13.6 Å². The zero-order valence-corrected chi connectivity index (χ0v) is 13.8. The van der Waals surface area contributed by atoms with E-state index in [4.69, 9.17) is 10.00 Å².